The molecule has 4 heteroatoms. The van der Waals surface area contributed by atoms with E-state index in [1.807, 2.05) is 13.0 Å². The molecule has 2 atom stereocenters. The van der Waals surface area contributed by atoms with Crippen LogP contribution in [0.3, 0.4) is 0 Å². The summed E-state index contributed by atoms with van der Waals surface area (Å²) in [7, 11) is 0. The lowest BCUT2D eigenvalue weighted by atomic mass is 10.1. The van der Waals surface area contributed by atoms with E-state index in [-0.39, 0.29) is 6.04 Å². The number of anilines is 1. The van der Waals surface area contributed by atoms with Crippen molar-refractivity contribution in [2.75, 3.05) is 5.32 Å². The van der Waals surface area contributed by atoms with Gasteiger partial charge in [-0.05, 0) is 32.0 Å². The minimum atomic E-state index is -0.480. The zero-order valence-electron chi connectivity index (χ0n) is 8.66. The van der Waals surface area contributed by atoms with Crippen molar-refractivity contribution in [3.8, 4) is 6.07 Å². The van der Waals surface area contributed by atoms with Crippen molar-refractivity contribution < 1.29 is 5.11 Å². The van der Waals surface area contributed by atoms with Crippen LogP contribution in [0, 0.1) is 11.3 Å². The summed E-state index contributed by atoms with van der Waals surface area (Å²) in [5, 5.41) is 21.6. The van der Waals surface area contributed by atoms with Gasteiger partial charge in [-0.25, -0.2) is 0 Å². The van der Waals surface area contributed by atoms with Crippen LogP contribution in [0.25, 0.3) is 0 Å². The maximum Gasteiger partial charge on any atom is 0.0992 e. The van der Waals surface area contributed by atoms with E-state index in [0.29, 0.717) is 16.3 Å². The highest BCUT2D eigenvalue weighted by Gasteiger charge is 2.10. The molecule has 1 aromatic carbocycles. The van der Waals surface area contributed by atoms with Crippen molar-refractivity contribution in [3.63, 3.8) is 0 Å². The number of hydrogen-bond acceptors (Lipinski definition) is 3. The van der Waals surface area contributed by atoms with Crippen molar-refractivity contribution in [3.05, 3.63) is 28.8 Å². The molecule has 0 fully saturated rings. The molecule has 0 aliphatic rings. The predicted molar refractivity (Wildman–Crippen MR) is 60.9 cm³/mol. The van der Waals surface area contributed by atoms with E-state index in [1.54, 1.807) is 25.1 Å². The molecule has 0 radical (unpaired) electrons. The molecule has 0 saturated carbocycles. The smallest absolute Gasteiger partial charge is 0.0992 e. The number of nitriles is 1. The second kappa shape index (κ2) is 5.01. The van der Waals surface area contributed by atoms with Crippen molar-refractivity contribution >= 4 is 17.3 Å². The predicted octanol–water partition coefficient (Wildman–Crippen LogP) is 2.39. The molecule has 1 rings (SSSR count). The van der Waals surface area contributed by atoms with Crippen LogP contribution in [0.1, 0.15) is 19.4 Å². The number of rotatable bonds is 3. The Labute approximate surface area is 94.3 Å². The molecule has 0 heterocycles. The van der Waals surface area contributed by atoms with Crippen LogP contribution in [0.5, 0.6) is 0 Å². The van der Waals surface area contributed by atoms with E-state index in [9.17, 15) is 5.11 Å². The first-order valence-corrected chi connectivity index (χ1v) is 5.06. The molecule has 80 valence electrons. The van der Waals surface area contributed by atoms with Gasteiger partial charge in [0.1, 0.15) is 0 Å². The Morgan fingerprint density at radius 3 is 2.67 bits per heavy atom. The summed E-state index contributed by atoms with van der Waals surface area (Å²) in [6, 6.07) is 6.91. The number of hydrogen-bond donors (Lipinski definition) is 2. The van der Waals surface area contributed by atoms with Gasteiger partial charge in [0.05, 0.1) is 28.4 Å². The average molecular weight is 225 g/mol. The van der Waals surface area contributed by atoms with E-state index in [1.165, 1.54) is 0 Å². The van der Waals surface area contributed by atoms with E-state index in [4.69, 9.17) is 16.9 Å². The molecule has 0 aromatic heterocycles. The van der Waals surface area contributed by atoms with Crippen LogP contribution < -0.4 is 5.32 Å². The van der Waals surface area contributed by atoms with Crippen LogP contribution in [-0.2, 0) is 0 Å². The van der Waals surface area contributed by atoms with Gasteiger partial charge in [-0.1, -0.05) is 11.6 Å². The SMILES string of the molecule is CC(O)C(C)Nc1cc(C#N)ccc1Cl. The van der Waals surface area contributed by atoms with Crippen LogP contribution >= 0.6 is 11.6 Å². The fraction of sp³-hybridized carbons (Fsp3) is 0.364. The molecule has 15 heavy (non-hydrogen) atoms. The fourth-order valence-electron chi connectivity index (χ4n) is 1.07. The number of halogens is 1. The first-order chi connectivity index (χ1) is 7.04. The first-order valence-electron chi connectivity index (χ1n) is 4.69. The Hall–Kier alpha value is -1.24. The zero-order valence-corrected chi connectivity index (χ0v) is 9.42. The van der Waals surface area contributed by atoms with Crippen LogP contribution in [-0.4, -0.2) is 17.3 Å². The van der Waals surface area contributed by atoms with Gasteiger partial charge in [-0.15, -0.1) is 0 Å². The van der Waals surface area contributed by atoms with Crippen molar-refractivity contribution in [2.24, 2.45) is 0 Å². The topological polar surface area (TPSA) is 56.0 Å². The zero-order chi connectivity index (χ0) is 11.4. The molecule has 0 aliphatic heterocycles. The summed E-state index contributed by atoms with van der Waals surface area (Å²) < 4.78 is 0. The lowest BCUT2D eigenvalue weighted by Gasteiger charge is -2.18. The second-order valence-electron chi connectivity index (χ2n) is 3.48. The molecule has 0 amide bonds. The molecule has 2 N–H and O–H groups in total. The Bertz CT molecular complexity index is 385. The number of aliphatic hydroxyl groups excluding tert-OH is 1. The van der Waals surface area contributed by atoms with E-state index >= 15 is 0 Å². The first kappa shape index (κ1) is 11.8. The highest BCUT2D eigenvalue weighted by Crippen LogP contribution is 2.23. The van der Waals surface area contributed by atoms with Gasteiger partial charge in [-0.3, -0.25) is 0 Å². The largest absolute Gasteiger partial charge is 0.391 e. The monoisotopic (exact) mass is 224 g/mol. The van der Waals surface area contributed by atoms with Gasteiger partial charge in [0.15, 0.2) is 0 Å². The van der Waals surface area contributed by atoms with E-state index < -0.39 is 6.10 Å². The fourth-order valence-corrected chi connectivity index (χ4v) is 1.24. The van der Waals surface area contributed by atoms with Gasteiger partial charge < -0.3 is 10.4 Å². The standard InChI is InChI=1S/C11H13ClN2O/c1-7(8(2)15)14-11-5-9(6-13)3-4-10(11)12/h3-5,7-8,14-15H,1-2H3. The Balaban J connectivity index is 2.89. The molecule has 1 aromatic rings. The maximum atomic E-state index is 9.33. The molecular weight excluding hydrogens is 212 g/mol. The van der Waals surface area contributed by atoms with Crippen LogP contribution in [0.4, 0.5) is 5.69 Å². The van der Waals surface area contributed by atoms with E-state index in [0.717, 1.165) is 0 Å². The quantitative estimate of drug-likeness (QED) is 0.829. The normalized spacial score (nSPS) is 14.1. The number of benzene rings is 1. The molecule has 0 bridgehead atoms. The van der Waals surface area contributed by atoms with E-state index in [2.05, 4.69) is 5.32 Å². The van der Waals surface area contributed by atoms with Crippen LogP contribution in [0.2, 0.25) is 5.02 Å². The molecular formula is C11H13ClN2O. The lowest BCUT2D eigenvalue weighted by molar-refractivity contribution is 0.178. The summed E-state index contributed by atoms with van der Waals surface area (Å²) in [4.78, 5) is 0. The molecule has 0 spiro atoms. The van der Waals surface area contributed by atoms with Crippen molar-refractivity contribution in [1.29, 1.82) is 5.26 Å². The average Bonchev–Trinajstić information content (AvgIpc) is 2.21. The summed E-state index contributed by atoms with van der Waals surface area (Å²) in [6.07, 6.45) is -0.480. The molecule has 2 unspecified atom stereocenters. The summed E-state index contributed by atoms with van der Waals surface area (Å²) >= 11 is 5.95. The third-order valence-corrected chi connectivity index (χ3v) is 2.53. The lowest BCUT2D eigenvalue weighted by Crippen LogP contribution is -2.27. The van der Waals surface area contributed by atoms with Gasteiger partial charge in [0.2, 0.25) is 0 Å². The number of aliphatic hydroxyl groups is 1. The minimum Gasteiger partial charge on any atom is -0.391 e. The maximum absolute atomic E-state index is 9.33. The Kier molecular flexibility index (Phi) is 3.96. The second-order valence-corrected chi connectivity index (χ2v) is 3.89. The summed E-state index contributed by atoms with van der Waals surface area (Å²) in [6.45, 7) is 3.54. The molecule has 3 nitrogen and oxygen atoms in total. The minimum absolute atomic E-state index is 0.114. The number of nitrogens with one attached hydrogen (secondary N) is 1. The third-order valence-electron chi connectivity index (χ3n) is 2.20. The van der Waals surface area contributed by atoms with Gasteiger partial charge in [-0.2, -0.15) is 5.26 Å². The third kappa shape index (κ3) is 3.12. The molecule has 0 saturated heterocycles. The Morgan fingerprint density at radius 1 is 1.47 bits per heavy atom. The van der Waals surface area contributed by atoms with Crippen LogP contribution in [0.15, 0.2) is 18.2 Å². The number of nitrogens with zero attached hydrogens (tertiary/aromatic N) is 1. The summed E-state index contributed by atoms with van der Waals surface area (Å²) in [5.41, 5.74) is 1.21. The summed E-state index contributed by atoms with van der Waals surface area (Å²) in [5.74, 6) is 0. The van der Waals surface area contributed by atoms with Gasteiger partial charge in [0, 0.05) is 6.04 Å². The Morgan fingerprint density at radius 2 is 2.13 bits per heavy atom. The highest BCUT2D eigenvalue weighted by molar-refractivity contribution is 6.33. The van der Waals surface area contributed by atoms with Crippen molar-refractivity contribution in [1.82, 2.24) is 0 Å². The van der Waals surface area contributed by atoms with Gasteiger partial charge >= 0.3 is 0 Å². The van der Waals surface area contributed by atoms with Gasteiger partial charge in [0.25, 0.3) is 0 Å². The highest BCUT2D eigenvalue weighted by atomic mass is 35.5. The van der Waals surface area contributed by atoms with Crippen molar-refractivity contribution in [2.45, 2.75) is 26.0 Å². The molecule has 0 aliphatic carbocycles.